The Hall–Kier alpha value is -3.24. The normalized spacial score (nSPS) is 12.5. The molecule has 3 aromatic heterocycles. The van der Waals surface area contributed by atoms with Crippen molar-refractivity contribution in [2.24, 2.45) is 0 Å². The van der Waals surface area contributed by atoms with Crippen molar-refractivity contribution < 1.29 is 24.7 Å². The number of ether oxygens (including phenoxy) is 1. The molecular weight excluding hydrogens is 430 g/mol. The zero-order valence-electron chi connectivity index (χ0n) is 18.9. The lowest BCUT2D eigenvalue weighted by Crippen LogP contribution is -2.30. The number of pyridine rings is 1. The van der Waals surface area contributed by atoms with Gasteiger partial charge in [0.1, 0.15) is 22.3 Å². The fourth-order valence-corrected chi connectivity index (χ4v) is 3.07. The van der Waals surface area contributed by atoms with E-state index in [0.29, 0.717) is 66.7 Å². The van der Waals surface area contributed by atoms with Gasteiger partial charge in [0.15, 0.2) is 23.1 Å². The number of imidazole rings is 1. The number of aliphatic hydroxyl groups excluding tert-OH is 2. The zero-order valence-corrected chi connectivity index (χ0v) is 18.9. The van der Waals surface area contributed by atoms with Crippen LogP contribution in [0.1, 0.15) is 32.9 Å². The third kappa shape index (κ3) is 5.96. The van der Waals surface area contributed by atoms with E-state index >= 15 is 0 Å². The van der Waals surface area contributed by atoms with Crippen molar-refractivity contribution in [3.63, 3.8) is 0 Å². The summed E-state index contributed by atoms with van der Waals surface area (Å²) in [5.41, 5.74) is 6.52. The molecular formula is C21H29N7O5. The second kappa shape index (κ2) is 10.6. The maximum absolute atomic E-state index is 10.0. The van der Waals surface area contributed by atoms with Crippen molar-refractivity contribution in [1.29, 1.82) is 0 Å². The fourth-order valence-electron chi connectivity index (χ4n) is 3.07. The van der Waals surface area contributed by atoms with Crippen molar-refractivity contribution in [3.05, 3.63) is 11.9 Å². The molecule has 3 heterocycles. The van der Waals surface area contributed by atoms with E-state index in [-0.39, 0.29) is 12.4 Å². The number of hydrogen-bond acceptors (Lipinski definition) is 11. The van der Waals surface area contributed by atoms with Crippen LogP contribution in [-0.2, 0) is 6.54 Å². The summed E-state index contributed by atoms with van der Waals surface area (Å²) in [6.07, 6.45) is 1.44. The molecule has 0 spiro atoms. The molecule has 1 atom stereocenters. The molecule has 0 saturated carbocycles. The number of nitrogens with two attached hydrogens (primary N) is 1. The first kappa shape index (κ1) is 24.4. The van der Waals surface area contributed by atoms with Gasteiger partial charge in [-0.15, -0.1) is 0 Å². The number of hydrogen-bond donors (Lipinski definition) is 5. The number of fused-ring (bicyclic) bond motifs is 1. The van der Waals surface area contributed by atoms with Crippen LogP contribution in [0, 0.1) is 11.8 Å². The Morgan fingerprint density at radius 3 is 2.79 bits per heavy atom. The van der Waals surface area contributed by atoms with Gasteiger partial charge in [0, 0.05) is 13.1 Å². The third-order valence-corrected chi connectivity index (χ3v) is 4.61. The number of rotatable bonds is 10. The van der Waals surface area contributed by atoms with Gasteiger partial charge < -0.3 is 35.7 Å². The molecule has 0 aliphatic rings. The summed E-state index contributed by atoms with van der Waals surface area (Å²) in [4.78, 5) is 9.06. The lowest BCUT2D eigenvalue weighted by atomic mass is 10.1. The number of nitrogens with one attached hydrogen (secondary N) is 1. The molecule has 12 nitrogen and oxygen atoms in total. The highest BCUT2D eigenvalue weighted by molar-refractivity contribution is 5.89. The molecule has 0 bridgehead atoms. The monoisotopic (exact) mass is 459 g/mol. The number of nitrogens with zero attached hydrogens (tertiary/aromatic N) is 5. The Labute approximate surface area is 190 Å². The van der Waals surface area contributed by atoms with Gasteiger partial charge in [-0.25, -0.2) is 14.6 Å². The molecule has 12 heteroatoms. The third-order valence-electron chi connectivity index (χ3n) is 4.61. The lowest BCUT2D eigenvalue weighted by molar-refractivity contribution is 0.0942. The highest BCUT2D eigenvalue weighted by Crippen LogP contribution is 2.33. The van der Waals surface area contributed by atoms with Gasteiger partial charge in [0.2, 0.25) is 0 Å². The predicted molar refractivity (Wildman–Crippen MR) is 120 cm³/mol. The van der Waals surface area contributed by atoms with Gasteiger partial charge in [-0.1, -0.05) is 5.92 Å². The Bertz CT molecular complexity index is 1140. The van der Waals surface area contributed by atoms with Crippen molar-refractivity contribution in [2.45, 2.75) is 45.4 Å². The van der Waals surface area contributed by atoms with E-state index < -0.39 is 11.7 Å². The van der Waals surface area contributed by atoms with Gasteiger partial charge in [-0.3, -0.25) is 0 Å². The number of aliphatic hydroxyl groups is 3. The Morgan fingerprint density at radius 1 is 1.36 bits per heavy atom. The van der Waals surface area contributed by atoms with E-state index in [9.17, 15) is 10.2 Å². The van der Waals surface area contributed by atoms with Gasteiger partial charge in [0.05, 0.1) is 25.5 Å². The summed E-state index contributed by atoms with van der Waals surface area (Å²) in [6.45, 7) is 6.63. The largest absolute Gasteiger partial charge is 0.490 e. The molecule has 3 aromatic rings. The molecule has 0 aliphatic heterocycles. The van der Waals surface area contributed by atoms with Crippen LogP contribution in [0.15, 0.2) is 10.8 Å². The van der Waals surface area contributed by atoms with E-state index in [0.717, 1.165) is 0 Å². The first-order valence-electron chi connectivity index (χ1n) is 10.6. The fraction of sp³-hybridized carbons (Fsp3) is 0.524. The Kier molecular flexibility index (Phi) is 7.83. The van der Waals surface area contributed by atoms with E-state index in [4.69, 9.17) is 20.2 Å². The highest BCUT2D eigenvalue weighted by atomic mass is 16.6. The molecule has 33 heavy (non-hydrogen) atoms. The maximum atomic E-state index is 10.0. The maximum Gasteiger partial charge on any atom is 0.199 e. The van der Waals surface area contributed by atoms with Gasteiger partial charge >= 0.3 is 0 Å². The topological polar surface area (TPSA) is 178 Å². The van der Waals surface area contributed by atoms with Gasteiger partial charge in [-0.05, 0) is 50.0 Å². The summed E-state index contributed by atoms with van der Waals surface area (Å²) in [6, 6.07) is 0. The van der Waals surface area contributed by atoms with Gasteiger partial charge in [-0.2, -0.15) is 0 Å². The minimum absolute atomic E-state index is 0.107. The molecule has 0 aromatic carbocycles. The van der Waals surface area contributed by atoms with Crippen molar-refractivity contribution >= 4 is 16.9 Å². The molecule has 3 rings (SSSR count). The number of anilines is 1. The lowest BCUT2D eigenvalue weighted by Gasteiger charge is -2.12. The highest BCUT2D eigenvalue weighted by Gasteiger charge is 2.23. The molecule has 1 unspecified atom stereocenters. The SMILES string of the molecule is CCn1c(-c2nonc2N)nc2c(C#CC(C)(C)O)ncc(OCCCNCC(O)CO)c21. The summed E-state index contributed by atoms with van der Waals surface area (Å²) in [7, 11) is 0. The van der Waals surface area contributed by atoms with Crippen LogP contribution < -0.4 is 15.8 Å². The molecule has 178 valence electrons. The van der Waals surface area contributed by atoms with Crippen molar-refractivity contribution in [1.82, 2.24) is 30.2 Å². The van der Waals surface area contributed by atoms with Crippen LogP contribution in [0.4, 0.5) is 5.82 Å². The van der Waals surface area contributed by atoms with E-state index in [1.165, 1.54) is 0 Å². The molecule has 0 aliphatic carbocycles. The van der Waals surface area contributed by atoms with Crippen molar-refractivity contribution in [3.8, 4) is 29.1 Å². The van der Waals surface area contributed by atoms with Crippen LogP contribution in [0.25, 0.3) is 22.6 Å². The molecule has 6 N–H and O–H groups in total. The van der Waals surface area contributed by atoms with Gasteiger partial charge in [0.25, 0.3) is 0 Å². The molecule has 0 saturated heterocycles. The first-order chi connectivity index (χ1) is 15.7. The summed E-state index contributed by atoms with van der Waals surface area (Å²) in [5, 5.41) is 38.8. The zero-order chi connectivity index (χ0) is 24.0. The second-order valence-corrected chi connectivity index (χ2v) is 7.90. The standard InChI is InChI=1S/C21H29N7O5/c1-4-28-18-15(32-9-5-8-23-10-13(30)12-29)11-24-14(6-7-21(2,3)31)16(18)25-20(28)17-19(22)27-33-26-17/h11,13,23,29-31H,4-5,8-10,12H2,1-3H3,(H2,22,27). The minimum atomic E-state index is -1.20. The summed E-state index contributed by atoms with van der Waals surface area (Å²) >= 11 is 0. The quantitative estimate of drug-likeness (QED) is 0.202. The number of aryl methyl sites for hydroxylation is 1. The molecule has 0 radical (unpaired) electrons. The average molecular weight is 460 g/mol. The minimum Gasteiger partial charge on any atom is -0.490 e. The van der Waals surface area contributed by atoms with E-state index in [1.807, 2.05) is 11.5 Å². The summed E-state index contributed by atoms with van der Waals surface area (Å²) in [5.74, 6) is 6.70. The van der Waals surface area contributed by atoms with E-state index in [1.54, 1.807) is 20.0 Å². The smallest absolute Gasteiger partial charge is 0.199 e. The van der Waals surface area contributed by atoms with Crippen molar-refractivity contribution in [2.75, 3.05) is 32.0 Å². The molecule has 0 amide bonds. The van der Waals surface area contributed by atoms with Crippen LogP contribution in [0.2, 0.25) is 0 Å². The number of nitrogen functional groups attached to an aromatic ring is 1. The first-order valence-corrected chi connectivity index (χ1v) is 10.6. The second-order valence-electron chi connectivity index (χ2n) is 7.90. The Balaban J connectivity index is 1.94. The average Bonchev–Trinajstić information content (AvgIpc) is 3.37. The molecule has 0 fully saturated rings. The van der Waals surface area contributed by atoms with E-state index in [2.05, 4.69) is 37.4 Å². The Morgan fingerprint density at radius 2 is 2.15 bits per heavy atom. The van der Waals surface area contributed by atoms with Crippen LogP contribution in [0.3, 0.4) is 0 Å². The predicted octanol–water partition coefficient (Wildman–Crippen LogP) is -0.0825. The van der Waals surface area contributed by atoms with Crippen LogP contribution in [-0.4, -0.2) is 78.2 Å². The summed E-state index contributed by atoms with van der Waals surface area (Å²) < 4.78 is 12.6. The van der Waals surface area contributed by atoms with Crippen LogP contribution >= 0.6 is 0 Å². The van der Waals surface area contributed by atoms with Crippen LogP contribution in [0.5, 0.6) is 5.75 Å². The number of aromatic nitrogens is 5.